The molecule has 2 heterocycles. The van der Waals surface area contributed by atoms with Crippen LogP contribution in [0.5, 0.6) is 11.5 Å². The lowest BCUT2D eigenvalue weighted by molar-refractivity contribution is 0.0694. The molecule has 0 bridgehead atoms. The van der Waals surface area contributed by atoms with Gasteiger partial charge in [-0.15, -0.1) is 0 Å². The molecular weight excluding hydrogens is 234 g/mol. The number of nitrogens with zero attached hydrogens (tertiary/aromatic N) is 2. The fraction of sp³-hybridized carbons (Fsp3) is 0.0833. The van der Waals surface area contributed by atoms with Crippen molar-refractivity contribution < 1.29 is 14.6 Å². The van der Waals surface area contributed by atoms with E-state index in [4.69, 9.17) is 15.6 Å². The lowest BCUT2D eigenvalue weighted by Gasteiger charge is -2.08. The first-order chi connectivity index (χ1) is 8.56. The lowest BCUT2D eigenvalue weighted by atomic mass is 10.2. The number of carboxylic acid groups (broad SMARTS) is 1. The maximum absolute atomic E-state index is 11.0. The Bertz CT molecular complexity index is 582. The van der Waals surface area contributed by atoms with Crippen molar-refractivity contribution in [2.45, 2.75) is 6.92 Å². The van der Waals surface area contributed by atoms with Crippen LogP contribution < -0.4 is 10.5 Å². The van der Waals surface area contributed by atoms with E-state index >= 15 is 0 Å². The number of anilines is 1. The van der Waals surface area contributed by atoms with Gasteiger partial charge >= 0.3 is 5.97 Å². The Balaban J connectivity index is 2.34. The fourth-order valence-corrected chi connectivity index (χ4v) is 1.35. The van der Waals surface area contributed by atoms with E-state index in [1.165, 1.54) is 18.5 Å². The Morgan fingerprint density at radius 2 is 2.11 bits per heavy atom. The van der Waals surface area contributed by atoms with Crippen LogP contribution >= 0.6 is 0 Å². The number of carboxylic acids is 1. The molecule has 0 aromatic carbocycles. The second-order valence-corrected chi connectivity index (χ2v) is 3.65. The van der Waals surface area contributed by atoms with Gasteiger partial charge in [-0.1, -0.05) is 0 Å². The average molecular weight is 245 g/mol. The number of nitrogen functional groups attached to an aromatic ring is 1. The Morgan fingerprint density at radius 3 is 2.72 bits per heavy atom. The van der Waals surface area contributed by atoms with Gasteiger partial charge in [-0.25, -0.2) is 9.78 Å². The highest BCUT2D eigenvalue weighted by atomic mass is 16.5. The largest absolute Gasteiger partial charge is 0.478 e. The molecule has 6 heteroatoms. The topological polar surface area (TPSA) is 98.3 Å². The van der Waals surface area contributed by atoms with E-state index < -0.39 is 5.97 Å². The minimum Gasteiger partial charge on any atom is -0.478 e. The van der Waals surface area contributed by atoms with E-state index in [-0.39, 0.29) is 17.1 Å². The van der Waals surface area contributed by atoms with Crippen LogP contribution in [0.25, 0.3) is 0 Å². The van der Waals surface area contributed by atoms with Crippen molar-refractivity contribution in [3.8, 4) is 11.5 Å². The van der Waals surface area contributed by atoms with E-state index in [9.17, 15) is 4.79 Å². The molecule has 6 nitrogen and oxygen atoms in total. The third kappa shape index (κ3) is 2.54. The maximum atomic E-state index is 11.0. The van der Waals surface area contributed by atoms with Gasteiger partial charge < -0.3 is 15.6 Å². The van der Waals surface area contributed by atoms with Gasteiger partial charge in [0.15, 0.2) is 5.75 Å². The van der Waals surface area contributed by atoms with Gasteiger partial charge in [0.1, 0.15) is 17.1 Å². The predicted octanol–water partition coefficient (Wildman–Crippen LogP) is 1.86. The molecule has 0 saturated heterocycles. The summed E-state index contributed by atoms with van der Waals surface area (Å²) >= 11 is 0. The molecule has 2 rings (SSSR count). The van der Waals surface area contributed by atoms with Gasteiger partial charge in [-0.3, -0.25) is 4.98 Å². The summed E-state index contributed by atoms with van der Waals surface area (Å²) < 4.78 is 5.42. The first-order valence-electron chi connectivity index (χ1n) is 5.15. The molecule has 18 heavy (non-hydrogen) atoms. The van der Waals surface area contributed by atoms with E-state index in [0.717, 1.165) is 5.69 Å². The van der Waals surface area contributed by atoms with Crippen LogP contribution in [-0.4, -0.2) is 21.0 Å². The molecule has 0 unspecified atom stereocenters. The quantitative estimate of drug-likeness (QED) is 0.856. The SMILES string of the molecule is Cc1ccc(Oc2cnc(N)cc2C(=O)O)cn1. The average Bonchev–Trinajstić information content (AvgIpc) is 2.34. The number of nitrogens with two attached hydrogens (primary N) is 1. The maximum Gasteiger partial charge on any atom is 0.339 e. The first-order valence-corrected chi connectivity index (χ1v) is 5.15. The summed E-state index contributed by atoms with van der Waals surface area (Å²) in [5.41, 5.74) is 6.24. The lowest BCUT2D eigenvalue weighted by Crippen LogP contribution is -2.03. The van der Waals surface area contributed by atoms with Gasteiger partial charge in [0, 0.05) is 5.69 Å². The minimum absolute atomic E-state index is 0.0388. The van der Waals surface area contributed by atoms with Gasteiger partial charge in [-0.2, -0.15) is 0 Å². The zero-order valence-electron chi connectivity index (χ0n) is 9.62. The second kappa shape index (κ2) is 4.70. The van der Waals surface area contributed by atoms with Gasteiger partial charge in [0.05, 0.1) is 12.4 Å². The molecule has 0 radical (unpaired) electrons. The van der Waals surface area contributed by atoms with Gasteiger partial charge in [0.2, 0.25) is 0 Å². The van der Waals surface area contributed by atoms with Crippen LogP contribution in [0, 0.1) is 6.92 Å². The Kier molecular flexibility index (Phi) is 3.09. The number of carbonyl (C=O) groups is 1. The number of ether oxygens (including phenoxy) is 1. The minimum atomic E-state index is -1.13. The molecule has 0 saturated carbocycles. The van der Waals surface area contributed by atoms with Crippen molar-refractivity contribution in [2.24, 2.45) is 0 Å². The zero-order chi connectivity index (χ0) is 13.1. The summed E-state index contributed by atoms with van der Waals surface area (Å²) in [6.07, 6.45) is 2.79. The van der Waals surface area contributed by atoms with Crippen LogP contribution in [0.15, 0.2) is 30.6 Å². The molecule has 0 aliphatic carbocycles. The molecule has 2 aromatic heterocycles. The van der Waals surface area contributed by atoms with E-state index in [2.05, 4.69) is 9.97 Å². The van der Waals surface area contributed by atoms with Crippen molar-refractivity contribution in [1.29, 1.82) is 0 Å². The number of hydrogen-bond donors (Lipinski definition) is 2. The summed E-state index contributed by atoms with van der Waals surface area (Å²) in [5.74, 6) is -0.432. The summed E-state index contributed by atoms with van der Waals surface area (Å²) in [6.45, 7) is 1.84. The zero-order valence-corrected chi connectivity index (χ0v) is 9.62. The standard InChI is InChI=1S/C12H11N3O3/c1-7-2-3-8(5-14-7)18-10-6-15-11(13)4-9(10)12(16)17/h2-6H,1H3,(H2,13,15)(H,16,17). The molecule has 0 atom stereocenters. The summed E-state index contributed by atoms with van der Waals surface area (Å²) in [5, 5.41) is 9.03. The molecule has 0 spiro atoms. The van der Waals surface area contributed by atoms with Crippen LogP contribution in [-0.2, 0) is 0 Å². The van der Waals surface area contributed by atoms with Crippen LogP contribution in [0.1, 0.15) is 16.1 Å². The Hall–Kier alpha value is -2.63. The Labute approximate surface area is 103 Å². The summed E-state index contributed by atoms with van der Waals surface area (Å²) in [6, 6.07) is 4.71. The van der Waals surface area contributed by atoms with E-state index in [1.807, 2.05) is 6.92 Å². The van der Waals surface area contributed by atoms with Crippen molar-refractivity contribution in [2.75, 3.05) is 5.73 Å². The van der Waals surface area contributed by atoms with Crippen LogP contribution in [0.3, 0.4) is 0 Å². The van der Waals surface area contributed by atoms with E-state index in [0.29, 0.717) is 5.75 Å². The molecule has 0 aliphatic rings. The molecule has 0 aliphatic heterocycles. The third-order valence-corrected chi connectivity index (χ3v) is 2.23. The monoisotopic (exact) mass is 245 g/mol. The fourth-order valence-electron chi connectivity index (χ4n) is 1.35. The molecule has 0 amide bonds. The smallest absolute Gasteiger partial charge is 0.339 e. The van der Waals surface area contributed by atoms with Crippen molar-refractivity contribution in [3.63, 3.8) is 0 Å². The molecule has 3 N–H and O–H groups in total. The van der Waals surface area contributed by atoms with Crippen LogP contribution in [0.2, 0.25) is 0 Å². The number of aryl methyl sites for hydroxylation is 1. The Morgan fingerprint density at radius 1 is 1.33 bits per heavy atom. The molecule has 92 valence electrons. The van der Waals surface area contributed by atoms with Gasteiger partial charge in [0.25, 0.3) is 0 Å². The van der Waals surface area contributed by atoms with Crippen LogP contribution in [0.4, 0.5) is 5.82 Å². The van der Waals surface area contributed by atoms with Crippen molar-refractivity contribution >= 4 is 11.8 Å². The highest BCUT2D eigenvalue weighted by Gasteiger charge is 2.13. The number of pyridine rings is 2. The van der Waals surface area contributed by atoms with Crippen molar-refractivity contribution in [1.82, 2.24) is 9.97 Å². The number of hydrogen-bond acceptors (Lipinski definition) is 5. The molecular formula is C12H11N3O3. The number of rotatable bonds is 3. The summed E-state index contributed by atoms with van der Waals surface area (Å²) in [4.78, 5) is 18.9. The number of aromatic nitrogens is 2. The highest BCUT2D eigenvalue weighted by molar-refractivity contribution is 5.91. The molecule has 2 aromatic rings. The number of aromatic carboxylic acids is 1. The normalized spacial score (nSPS) is 10.1. The molecule has 0 fully saturated rings. The van der Waals surface area contributed by atoms with Gasteiger partial charge in [-0.05, 0) is 25.1 Å². The highest BCUT2D eigenvalue weighted by Crippen LogP contribution is 2.25. The third-order valence-electron chi connectivity index (χ3n) is 2.23. The predicted molar refractivity (Wildman–Crippen MR) is 64.7 cm³/mol. The van der Waals surface area contributed by atoms with Crippen molar-refractivity contribution in [3.05, 3.63) is 41.9 Å². The van der Waals surface area contributed by atoms with E-state index in [1.54, 1.807) is 12.1 Å². The first kappa shape index (κ1) is 11.8. The second-order valence-electron chi connectivity index (χ2n) is 3.65. The summed E-state index contributed by atoms with van der Waals surface area (Å²) in [7, 11) is 0.